The summed E-state index contributed by atoms with van der Waals surface area (Å²) in [5, 5.41) is 13.8. The Morgan fingerprint density at radius 3 is 2.26 bits per heavy atom. The van der Waals surface area contributed by atoms with E-state index in [2.05, 4.69) is 15.3 Å². The molecule has 9 nitrogen and oxygen atoms in total. The number of carbonyl (C=O) groups excluding carboxylic acids is 1. The number of rotatable bonds is 7. The highest BCUT2D eigenvalue weighted by Gasteiger charge is 2.61. The SMILES string of the molecule is COc1ncc(C(F)(F)F)cc1N[C@H]1[C@H](C(C)(C)C)[C@@H](C(=O)O)N(C(=O)[C@H]2CCCC[C@@H]2C(F)(F)F)[C@H]1c1cccnc1N(C)C. The van der Waals surface area contributed by atoms with Gasteiger partial charge in [0, 0.05) is 43.9 Å². The fraction of sp³-hybridized carbons (Fsp3) is 0.613. The van der Waals surface area contributed by atoms with Crippen molar-refractivity contribution >= 4 is 23.4 Å². The van der Waals surface area contributed by atoms with Crippen molar-refractivity contribution in [1.82, 2.24) is 14.9 Å². The first kappa shape index (κ1) is 35.1. The number of amides is 1. The van der Waals surface area contributed by atoms with Gasteiger partial charge in [-0.2, -0.15) is 26.3 Å². The molecule has 4 rings (SSSR count). The highest BCUT2D eigenvalue weighted by atomic mass is 19.4. The largest absolute Gasteiger partial charge is 0.480 e. The zero-order valence-electron chi connectivity index (χ0n) is 26.4. The van der Waals surface area contributed by atoms with Crippen LogP contribution in [0.3, 0.4) is 0 Å². The first-order chi connectivity index (χ1) is 21.3. The highest BCUT2D eigenvalue weighted by molar-refractivity contribution is 5.88. The summed E-state index contributed by atoms with van der Waals surface area (Å²) in [7, 11) is 4.52. The van der Waals surface area contributed by atoms with Gasteiger partial charge in [-0.05, 0) is 30.4 Å². The molecular weight excluding hydrogens is 620 g/mol. The third kappa shape index (κ3) is 6.82. The number of ether oxygens (including phenoxy) is 1. The maximum atomic E-state index is 14.5. The van der Waals surface area contributed by atoms with E-state index in [9.17, 15) is 41.0 Å². The van der Waals surface area contributed by atoms with E-state index in [0.29, 0.717) is 24.0 Å². The minimum absolute atomic E-state index is 0.0875. The van der Waals surface area contributed by atoms with E-state index < -0.39 is 71.1 Å². The lowest BCUT2D eigenvalue weighted by molar-refractivity contribution is -0.202. The highest BCUT2D eigenvalue weighted by Crippen LogP contribution is 2.53. The summed E-state index contributed by atoms with van der Waals surface area (Å²) < 4.78 is 89.6. The summed E-state index contributed by atoms with van der Waals surface area (Å²) in [6.07, 6.45) is -7.15. The summed E-state index contributed by atoms with van der Waals surface area (Å²) in [6, 6.07) is -0.131. The fourth-order valence-corrected chi connectivity index (χ4v) is 7.06. The van der Waals surface area contributed by atoms with Gasteiger partial charge in [0.2, 0.25) is 11.8 Å². The third-order valence-electron chi connectivity index (χ3n) is 8.93. The Kier molecular flexibility index (Phi) is 9.75. The van der Waals surface area contributed by atoms with Crippen molar-refractivity contribution in [3.63, 3.8) is 0 Å². The maximum Gasteiger partial charge on any atom is 0.417 e. The standard InChI is InChI=1S/C31H39F6N5O4/c1-29(2,3)21-22(40-20-14-16(30(32,33)34)15-39-26(20)46-6)23(18-11-9-13-38-25(18)41(4)5)42(24(21)28(44)45)27(43)17-10-7-8-12-19(17)31(35,36)37/h9,11,13-15,17,19,21-24,40H,7-8,10,12H2,1-6H3,(H,44,45)/t17-,19-,21-,22-,23-,24-/m0/s1. The van der Waals surface area contributed by atoms with Gasteiger partial charge in [-0.25, -0.2) is 14.8 Å². The van der Waals surface area contributed by atoms with Gasteiger partial charge in [-0.3, -0.25) is 4.79 Å². The predicted octanol–water partition coefficient (Wildman–Crippen LogP) is 6.42. The number of alkyl halides is 6. The van der Waals surface area contributed by atoms with Crippen LogP contribution < -0.4 is 15.0 Å². The Morgan fingerprint density at radius 1 is 1.07 bits per heavy atom. The summed E-state index contributed by atoms with van der Waals surface area (Å²) >= 11 is 0. The van der Waals surface area contributed by atoms with Crippen LogP contribution in [0.5, 0.6) is 5.88 Å². The molecule has 2 aliphatic rings. The van der Waals surface area contributed by atoms with Crippen LogP contribution in [0.1, 0.15) is 63.6 Å². The molecular formula is C31H39F6N5O4. The minimum atomic E-state index is -4.78. The van der Waals surface area contributed by atoms with Crippen molar-refractivity contribution in [2.75, 3.05) is 31.4 Å². The van der Waals surface area contributed by atoms with Crippen LogP contribution in [0.4, 0.5) is 37.8 Å². The number of carboxylic acid groups (broad SMARTS) is 1. The van der Waals surface area contributed by atoms with Gasteiger partial charge < -0.3 is 25.0 Å². The van der Waals surface area contributed by atoms with Crippen LogP contribution >= 0.6 is 0 Å². The molecule has 2 aromatic heterocycles. The number of hydrogen-bond donors (Lipinski definition) is 2. The summed E-state index contributed by atoms with van der Waals surface area (Å²) in [5.41, 5.74) is -1.95. The molecule has 0 aromatic carbocycles. The van der Waals surface area contributed by atoms with Crippen molar-refractivity contribution in [2.45, 2.75) is 76.9 Å². The number of pyridine rings is 2. The average Bonchev–Trinajstić information content (AvgIpc) is 3.31. The minimum Gasteiger partial charge on any atom is -0.480 e. The lowest BCUT2D eigenvalue weighted by Gasteiger charge is -2.39. The molecule has 2 aromatic rings. The second-order valence-electron chi connectivity index (χ2n) is 13.2. The molecule has 0 radical (unpaired) electrons. The number of likely N-dealkylation sites (tertiary alicyclic amines) is 1. The van der Waals surface area contributed by atoms with Crippen LogP contribution in [0.15, 0.2) is 30.6 Å². The number of halogens is 6. The topological polar surface area (TPSA) is 108 Å². The predicted molar refractivity (Wildman–Crippen MR) is 157 cm³/mol. The van der Waals surface area contributed by atoms with E-state index in [4.69, 9.17) is 4.74 Å². The molecule has 254 valence electrons. The van der Waals surface area contributed by atoms with Crippen molar-refractivity contribution in [2.24, 2.45) is 23.2 Å². The summed E-state index contributed by atoms with van der Waals surface area (Å²) in [6.45, 7) is 5.14. The number of nitrogens with one attached hydrogen (secondary N) is 1. The lowest BCUT2D eigenvalue weighted by atomic mass is 9.72. The van der Waals surface area contributed by atoms with Gasteiger partial charge in [0.15, 0.2) is 0 Å². The molecule has 0 bridgehead atoms. The second kappa shape index (κ2) is 12.8. The molecule has 15 heteroatoms. The van der Waals surface area contributed by atoms with E-state index >= 15 is 0 Å². The van der Waals surface area contributed by atoms with E-state index in [1.165, 1.54) is 13.3 Å². The summed E-state index contributed by atoms with van der Waals surface area (Å²) in [4.78, 5) is 38.6. The fourth-order valence-electron chi connectivity index (χ4n) is 7.06. The van der Waals surface area contributed by atoms with Gasteiger partial charge in [0.05, 0.1) is 36.4 Å². The van der Waals surface area contributed by atoms with Gasteiger partial charge in [-0.15, -0.1) is 0 Å². The van der Waals surface area contributed by atoms with Crippen LogP contribution in [0.25, 0.3) is 0 Å². The molecule has 2 fully saturated rings. The molecule has 46 heavy (non-hydrogen) atoms. The lowest BCUT2D eigenvalue weighted by Crippen LogP contribution is -2.51. The number of aliphatic carboxylic acids is 1. The quantitative estimate of drug-likeness (QED) is 0.328. The van der Waals surface area contributed by atoms with E-state index in [0.717, 1.165) is 11.0 Å². The smallest absolute Gasteiger partial charge is 0.417 e. The first-order valence-corrected chi connectivity index (χ1v) is 14.9. The molecule has 0 unspecified atom stereocenters. The Hall–Kier alpha value is -3.78. The number of methoxy groups -OCH3 is 1. The number of hydrogen-bond acceptors (Lipinski definition) is 7. The molecule has 1 amide bonds. The zero-order chi connectivity index (χ0) is 34.4. The summed E-state index contributed by atoms with van der Waals surface area (Å²) in [5.74, 6) is -6.88. The maximum absolute atomic E-state index is 14.5. The van der Waals surface area contributed by atoms with Gasteiger partial charge >= 0.3 is 18.3 Å². The molecule has 2 N–H and O–H groups in total. The molecule has 1 aliphatic heterocycles. The molecule has 1 saturated heterocycles. The van der Waals surface area contributed by atoms with E-state index in [-0.39, 0.29) is 30.8 Å². The average molecular weight is 660 g/mol. The van der Waals surface area contributed by atoms with Gasteiger partial charge in [-0.1, -0.05) is 39.7 Å². The molecule has 6 atom stereocenters. The van der Waals surface area contributed by atoms with E-state index in [1.807, 2.05) is 0 Å². The number of aromatic nitrogens is 2. The Bertz CT molecular complexity index is 1430. The Labute approximate surface area is 263 Å². The third-order valence-corrected chi connectivity index (χ3v) is 8.93. The number of carboxylic acids is 1. The molecule has 1 aliphatic carbocycles. The second-order valence-corrected chi connectivity index (χ2v) is 13.2. The normalized spacial score (nSPS) is 25.7. The molecule has 1 saturated carbocycles. The first-order valence-electron chi connectivity index (χ1n) is 14.9. The monoisotopic (exact) mass is 659 g/mol. The molecule has 3 heterocycles. The van der Waals surface area contributed by atoms with Crippen LogP contribution in [0.2, 0.25) is 0 Å². The number of nitrogens with zero attached hydrogens (tertiary/aromatic N) is 4. The van der Waals surface area contributed by atoms with Crippen LogP contribution in [-0.2, 0) is 15.8 Å². The van der Waals surface area contributed by atoms with Gasteiger partial charge in [0.25, 0.3) is 0 Å². The van der Waals surface area contributed by atoms with Crippen LogP contribution in [-0.4, -0.2) is 71.3 Å². The van der Waals surface area contributed by atoms with Crippen molar-refractivity contribution < 1.29 is 45.8 Å². The Morgan fingerprint density at radius 2 is 1.72 bits per heavy atom. The Balaban J connectivity index is 2.01. The zero-order valence-corrected chi connectivity index (χ0v) is 26.4. The van der Waals surface area contributed by atoms with Crippen molar-refractivity contribution in [1.29, 1.82) is 0 Å². The number of carbonyl (C=O) groups is 2. The van der Waals surface area contributed by atoms with Crippen molar-refractivity contribution in [3.8, 4) is 5.88 Å². The van der Waals surface area contributed by atoms with Crippen molar-refractivity contribution in [3.05, 3.63) is 41.7 Å². The van der Waals surface area contributed by atoms with Crippen LogP contribution in [0, 0.1) is 23.2 Å². The number of anilines is 2. The van der Waals surface area contributed by atoms with Gasteiger partial charge in [0.1, 0.15) is 11.9 Å². The van der Waals surface area contributed by atoms with E-state index in [1.54, 1.807) is 51.9 Å². The molecule has 0 spiro atoms.